The SMILES string of the molecule is CN1Cc2cc(OCCCNc3cc(N)ccn3)ccc2CC(CC(=O)O)(C2NC(=O)C(CC(=O)O)Cc3ccc(OCCc4nc5ccccc5[nH]4)cc32)C1=O. The Morgan fingerprint density at radius 2 is 1.74 bits per heavy atom. The van der Waals surface area contributed by atoms with Crippen LogP contribution in [-0.4, -0.2) is 80.6 Å². The van der Waals surface area contributed by atoms with Gasteiger partial charge in [-0.15, -0.1) is 0 Å². The molecular formula is C42H45N7O8. The maximum Gasteiger partial charge on any atom is 0.304 e. The van der Waals surface area contributed by atoms with Crippen LogP contribution in [0.4, 0.5) is 11.5 Å². The van der Waals surface area contributed by atoms with Crippen molar-refractivity contribution in [3.63, 3.8) is 0 Å². The van der Waals surface area contributed by atoms with Gasteiger partial charge in [0, 0.05) is 44.5 Å². The molecule has 296 valence electrons. The lowest BCUT2D eigenvalue weighted by Crippen LogP contribution is -2.52. The summed E-state index contributed by atoms with van der Waals surface area (Å²) in [6.07, 6.45) is 1.80. The predicted molar refractivity (Wildman–Crippen MR) is 211 cm³/mol. The number of carbonyl (C=O) groups excluding carboxylic acids is 2. The van der Waals surface area contributed by atoms with Gasteiger partial charge in [0.25, 0.3) is 0 Å². The van der Waals surface area contributed by atoms with Crippen molar-refractivity contribution in [2.45, 2.75) is 51.1 Å². The maximum atomic E-state index is 14.7. The molecule has 0 radical (unpaired) electrons. The summed E-state index contributed by atoms with van der Waals surface area (Å²) >= 11 is 0. The Balaban J connectivity index is 1.16. The normalized spacial score (nSPS) is 19.1. The maximum absolute atomic E-state index is 14.7. The molecule has 7 rings (SSSR count). The van der Waals surface area contributed by atoms with E-state index in [2.05, 4.69) is 25.6 Å². The molecule has 3 atom stereocenters. The summed E-state index contributed by atoms with van der Waals surface area (Å²) in [6.45, 7) is 1.44. The molecule has 3 unspecified atom stereocenters. The molecule has 2 aliphatic rings. The van der Waals surface area contributed by atoms with E-state index in [1.165, 1.54) is 4.90 Å². The Bertz CT molecular complexity index is 2280. The number of anilines is 2. The van der Waals surface area contributed by atoms with Gasteiger partial charge in [0.2, 0.25) is 11.8 Å². The highest BCUT2D eigenvalue weighted by molar-refractivity contribution is 5.91. The molecule has 15 heteroatoms. The van der Waals surface area contributed by atoms with Crippen LogP contribution in [-0.2, 0) is 45.0 Å². The van der Waals surface area contributed by atoms with Crippen molar-refractivity contribution in [2.24, 2.45) is 11.3 Å². The summed E-state index contributed by atoms with van der Waals surface area (Å²) in [6, 6.07) is 20.8. The van der Waals surface area contributed by atoms with Crippen molar-refractivity contribution in [1.82, 2.24) is 25.2 Å². The van der Waals surface area contributed by atoms with Crippen LogP contribution in [0.1, 0.15) is 53.4 Å². The van der Waals surface area contributed by atoms with Gasteiger partial charge in [-0.05, 0) is 84.0 Å². The first-order valence-corrected chi connectivity index (χ1v) is 18.9. The highest BCUT2D eigenvalue weighted by Crippen LogP contribution is 2.48. The minimum Gasteiger partial charge on any atom is -0.494 e. The molecule has 57 heavy (non-hydrogen) atoms. The molecule has 4 heterocycles. The highest BCUT2D eigenvalue weighted by atomic mass is 16.5. The number of nitrogens with zero attached hydrogens (tertiary/aromatic N) is 3. The van der Waals surface area contributed by atoms with Crippen molar-refractivity contribution in [1.29, 1.82) is 0 Å². The van der Waals surface area contributed by atoms with Crippen molar-refractivity contribution < 1.29 is 38.9 Å². The van der Waals surface area contributed by atoms with Crippen molar-refractivity contribution in [3.8, 4) is 11.5 Å². The molecule has 15 nitrogen and oxygen atoms in total. The standard InChI is InChI=1S/C42H45N7O8/c1-49-24-28-18-30(56-15-4-13-44-36-20-29(43)11-14-45-36)10-8-26(28)22-42(41(49)55,23-38(52)53)39-32-21-31(9-7-25(32)17-27(19-37(50)51)40(54)48-39)57-16-12-35-46-33-5-2-3-6-34(33)47-35/h2-3,5-11,14,18,20-21,27,39H,4,12-13,15-17,19,22-24H2,1H3,(H,46,47)(H,48,54)(H,50,51)(H,52,53)(H3,43,44,45). The summed E-state index contributed by atoms with van der Waals surface area (Å²) in [7, 11) is 1.61. The number of para-hydroxylation sites is 2. The van der Waals surface area contributed by atoms with E-state index in [1.807, 2.05) is 36.4 Å². The van der Waals surface area contributed by atoms with Gasteiger partial charge >= 0.3 is 11.9 Å². The average molecular weight is 776 g/mol. The van der Waals surface area contributed by atoms with Crippen molar-refractivity contribution >= 4 is 46.3 Å². The monoisotopic (exact) mass is 775 g/mol. The molecule has 0 fully saturated rings. The van der Waals surface area contributed by atoms with Crippen LogP contribution < -0.4 is 25.8 Å². The Labute approximate surface area is 328 Å². The van der Waals surface area contributed by atoms with E-state index < -0.39 is 54.0 Å². The van der Waals surface area contributed by atoms with E-state index in [9.17, 15) is 29.4 Å². The second kappa shape index (κ2) is 16.6. The molecule has 2 aliphatic heterocycles. The topological polar surface area (TPSA) is 222 Å². The number of amides is 2. The van der Waals surface area contributed by atoms with Crippen LogP contribution in [0.5, 0.6) is 11.5 Å². The Morgan fingerprint density at radius 1 is 0.965 bits per heavy atom. The summed E-state index contributed by atoms with van der Waals surface area (Å²) in [5, 5.41) is 26.3. The summed E-state index contributed by atoms with van der Waals surface area (Å²) < 4.78 is 12.3. The smallest absolute Gasteiger partial charge is 0.304 e. The molecule has 5 aromatic rings. The molecule has 7 N–H and O–H groups in total. The molecule has 0 aliphatic carbocycles. The van der Waals surface area contributed by atoms with Gasteiger partial charge in [-0.25, -0.2) is 9.97 Å². The number of nitrogen functional groups attached to an aromatic ring is 1. The number of rotatable bonds is 15. The molecule has 3 aromatic carbocycles. The molecule has 0 spiro atoms. The number of hydrogen-bond donors (Lipinski definition) is 6. The van der Waals surface area contributed by atoms with Crippen LogP contribution in [0.15, 0.2) is 79.0 Å². The zero-order chi connectivity index (χ0) is 40.1. The number of aromatic nitrogens is 3. The Hall–Kier alpha value is -6.64. The molecular weight excluding hydrogens is 731 g/mol. The zero-order valence-corrected chi connectivity index (χ0v) is 31.5. The molecule has 2 aromatic heterocycles. The summed E-state index contributed by atoms with van der Waals surface area (Å²) in [5.41, 5.74) is 9.16. The van der Waals surface area contributed by atoms with E-state index in [0.717, 1.165) is 28.0 Å². The number of carbonyl (C=O) groups is 4. The molecule has 0 bridgehead atoms. The quantitative estimate of drug-likeness (QED) is 0.0808. The lowest BCUT2D eigenvalue weighted by molar-refractivity contribution is -0.153. The zero-order valence-electron chi connectivity index (χ0n) is 31.5. The number of carboxylic acids is 2. The fourth-order valence-corrected chi connectivity index (χ4v) is 7.91. The lowest BCUT2D eigenvalue weighted by Gasteiger charge is -2.40. The van der Waals surface area contributed by atoms with Gasteiger partial charge in [0.05, 0.1) is 54.5 Å². The number of aliphatic carboxylic acids is 2. The van der Waals surface area contributed by atoms with Crippen LogP contribution in [0, 0.1) is 11.3 Å². The van der Waals surface area contributed by atoms with E-state index >= 15 is 0 Å². The third-order valence-electron chi connectivity index (χ3n) is 10.6. The number of hydrogen-bond acceptors (Lipinski definition) is 10. The lowest BCUT2D eigenvalue weighted by atomic mass is 9.68. The Morgan fingerprint density at radius 3 is 2.51 bits per heavy atom. The third kappa shape index (κ3) is 8.77. The van der Waals surface area contributed by atoms with Crippen molar-refractivity contribution in [2.75, 3.05) is 37.9 Å². The first kappa shape index (κ1) is 38.6. The van der Waals surface area contributed by atoms with Gasteiger partial charge in [0.15, 0.2) is 0 Å². The second-order valence-corrected chi connectivity index (χ2v) is 14.7. The van der Waals surface area contributed by atoms with Gasteiger partial charge in [0.1, 0.15) is 23.1 Å². The number of benzene rings is 3. The third-order valence-corrected chi connectivity index (χ3v) is 10.6. The summed E-state index contributed by atoms with van der Waals surface area (Å²) in [5.74, 6) is -1.89. The number of H-pyrrole nitrogens is 1. The fraction of sp³-hybridized carbons (Fsp3) is 0.333. The number of fused-ring (bicyclic) bond motifs is 3. The number of carboxylic acid groups (broad SMARTS) is 2. The molecule has 0 saturated carbocycles. The number of imidazole rings is 1. The minimum absolute atomic E-state index is 0.0136. The van der Waals surface area contributed by atoms with E-state index in [1.54, 1.807) is 49.6 Å². The number of aromatic amines is 1. The predicted octanol–water partition coefficient (Wildman–Crippen LogP) is 4.52. The number of nitrogens with one attached hydrogen (secondary N) is 3. The van der Waals surface area contributed by atoms with Gasteiger partial charge in [-0.1, -0.05) is 24.3 Å². The van der Waals surface area contributed by atoms with Crippen LogP contribution in [0.3, 0.4) is 0 Å². The van der Waals surface area contributed by atoms with Crippen LogP contribution in [0.25, 0.3) is 11.0 Å². The van der Waals surface area contributed by atoms with Gasteiger partial charge in [-0.3, -0.25) is 19.2 Å². The molecule has 2 amide bonds. The minimum atomic E-state index is -1.69. The number of ether oxygens (including phenoxy) is 2. The van der Waals surface area contributed by atoms with Crippen LogP contribution >= 0.6 is 0 Å². The average Bonchev–Trinajstić information content (AvgIpc) is 3.49. The summed E-state index contributed by atoms with van der Waals surface area (Å²) in [4.78, 5) is 66.9. The van der Waals surface area contributed by atoms with Crippen molar-refractivity contribution in [3.05, 3.63) is 107 Å². The van der Waals surface area contributed by atoms with E-state index in [-0.39, 0.29) is 26.0 Å². The second-order valence-electron chi connectivity index (χ2n) is 14.7. The first-order valence-electron chi connectivity index (χ1n) is 18.9. The number of nitrogens with two attached hydrogens (primary N) is 1. The van der Waals surface area contributed by atoms with Gasteiger partial charge < -0.3 is 45.9 Å². The Kier molecular flexibility index (Phi) is 11.3. The molecule has 0 saturated heterocycles. The van der Waals surface area contributed by atoms with Crippen LogP contribution in [0.2, 0.25) is 0 Å². The first-order chi connectivity index (χ1) is 27.5. The fourth-order valence-electron chi connectivity index (χ4n) is 7.91. The van der Waals surface area contributed by atoms with Gasteiger partial charge in [-0.2, -0.15) is 0 Å². The largest absolute Gasteiger partial charge is 0.494 e. The van der Waals surface area contributed by atoms with E-state index in [4.69, 9.17) is 15.2 Å². The number of pyridine rings is 1. The van der Waals surface area contributed by atoms with E-state index in [0.29, 0.717) is 60.1 Å². The highest BCUT2D eigenvalue weighted by Gasteiger charge is 2.53.